The number of aldehydes is 1. The highest BCUT2D eigenvalue weighted by molar-refractivity contribution is 6.03. The van der Waals surface area contributed by atoms with E-state index in [1.807, 2.05) is 13.0 Å². The summed E-state index contributed by atoms with van der Waals surface area (Å²) in [6.07, 6.45) is -0.403. The Labute approximate surface area is 164 Å². The van der Waals surface area contributed by atoms with Crippen LogP contribution in [0, 0.1) is 17.1 Å². The van der Waals surface area contributed by atoms with Gasteiger partial charge in [0.2, 0.25) is 5.58 Å². The van der Waals surface area contributed by atoms with Crippen molar-refractivity contribution in [3.63, 3.8) is 0 Å². The van der Waals surface area contributed by atoms with Gasteiger partial charge in [0.1, 0.15) is 18.5 Å². The lowest BCUT2D eigenvalue weighted by atomic mass is 10.1. The molecule has 0 N–H and O–H groups in total. The van der Waals surface area contributed by atoms with Gasteiger partial charge in [-0.1, -0.05) is 11.7 Å². The molecule has 3 heterocycles. The minimum Gasteiger partial charge on any atom is -0.492 e. The molecule has 0 radical (unpaired) electrons. The summed E-state index contributed by atoms with van der Waals surface area (Å²) in [5.74, 6) is -0.303. The molecule has 2 aliphatic heterocycles. The third kappa shape index (κ3) is 3.04. The predicted octanol–water partition coefficient (Wildman–Crippen LogP) is 2.76. The Balaban J connectivity index is 1.84. The molecule has 1 amide bonds. The summed E-state index contributed by atoms with van der Waals surface area (Å²) in [6, 6.07) is 2.82. The first kappa shape index (κ1) is 18.7. The number of carbonyl (C=O) groups excluding carboxylic acids is 2. The standard InChI is InChI=1S/C19H17FN4O5/c1-10-6-23(7-11(2)28-10)16-12(8-25)5-14-17(15(16)20)29-22-18(14)24-13(3-4-21)9-27-19(24)26/h5,8,11,13H,1,3,6-7,9H2,2H3/t11-,13+/m1/s1. The quantitative estimate of drug-likeness (QED) is 0.721. The van der Waals surface area contributed by atoms with Crippen LogP contribution < -0.4 is 9.80 Å². The molecule has 2 saturated heterocycles. The van der Waals surface area contributed by atoms with E-state index in [1.54, 1.807) is 4.90 Å². The lowest BCUT2D eigenvalue weighted by Crippen LogP contribution is -2.40. The third-order valence-electron chi connectivity index (χ3n) is 4.86. The zero-order valence-corrected chi connectivity index (χ0v) is 15.6. The number of amides is 1. The van der Waals surface area contributed by atoms with Crippen LogP contribution >= 0.6 is 0 Å². The first-order chi connectivity index (χ1) is 13.9. The minimum absolute atomic E-state index is 0.00890. The number of carbonyl (C=O) groups is 2. The summed E-state index contributed by atoms with van der Waals surface area (Å²) < 4.78 is 31.1. The van der Waals surface area contributed by atoms with Gasteiger partial charge in [0.15, 0.2) is 17.9 Å². The maximum atomic E-state index is 15.4. The van der Waals surface area contributed by atoms with E-state index in [1.165, 1.54) is 6.07 Å². The normalized spacial score (nSPS) is 21.8. The molecular weight excluding hydrogens is 383 g/mol. The molecule has 2 atom stereocenters. The summed E-state index contributed by atoms with van der Waals surface area (Å²) >= 11 is 0. The van der Waals surface area contributed by atoms with Crippen molar-refractivity contribution in [3.05, 3.63) is 29.8 Å². The molecule has 2 aromatic rings. The predicted molar refractivity (Wildman–Crippen MR) is 99.1 cm³/mol. The van der Waals surface area contributed by atoms with Crippen molar-refractivity contribution in [2.24, 2.45) is 0 Å². The zero-order chi connectivity index (χ0) is 20.7. The molecule has 0 unspecified atom stereocenters. The Bertz CT molecular complexity index is 1060. The maximum absolute atomic E-state index is 15.4. The highest BCUT2D eigenvalue weighted by Crippen LogP contribution is 2.38. The Morgan fingerprint density at radius 1 is 1.52 bits per heavy atom. The van der Waals surface area contributed by atoms with E-state index >= 15 is 4.39 Å². The van der Waals surface area contributed by atoms with Gasteiger partial charge in [0.05, 0.1) is 42.7 Å². The van der Waals surface area contributed by atoms with Crippen LogP contribution in [-0.4, -0.2) is 49.4 Å². The monoisotopic (exact) mass is 400 g/mol. The number of halogens is 1. The molecule has 0 spiro atoms. The summed E-state index contributed by atoms with van der Waals surface area (Å²) in [5.41, 5.74) is -0.0596. The second-order valence-electron chi connectivity index (χ2n) is 6.94. The average Bonchev–Trinajstić information content (AvgIpc) is 3.24. The Morgan fingerprint density at radius 2 is 2.31 bits per heavy atom. The fraction of sp³-hybridized carbons (Fsp3) is 0.368. The Hall–Kier alpha value is -3.61. The third-order valence-corrected chi connectivity index (χ3v) is 4.86. The van der Waals surface area contributed by atoms with Crippen LogP contribution in [0.3, 0.4) is 0 Å². The van der Waals surface area contributed by atoms with Crippen molar-refractivity contribution in [1.29, 1.82) is 5.26 Å². The molecule has 29 heavy (non-hydrogen) atoms. The van der Waals surface area contributed by atoms with Crippen LogP contribution in [0.15, 0.2) is 22.9 Å². The fourth-order valence-electron chi connectivity index (χ4n) is 3.71. The molecular formula is C19H17FN4O5. The van der Waals surface area contributed by atoms with Crippen molar-refractivity contribution in [1.82, 2.24) is 5.16 Å². The van der Waals surface area contributed by atoms with Gasteiger partial charge in [-0.3, -0.25) is 9.69 Å². The van der Waals surface area contributed by atoms with E-state index in [9.17, 15) is 9.59 Å². The molecule has 0 aliphatic carbocycles. The van der Waals surface area contributed by atoms with E-state index in [0.29, 0.717) is 18.6 Å². The van der Waals surface area contributed by atoms with Gasteiger partial charge in [-0.2, -0.15) is 5.26 Å². The summed E-state index contributed by atoms with van der Waals surface area (Å²) in [7, 11) is 0. The highest BCUT2D eigenvalue weighted by atomic mass is 19.1. The molecule has 2 fully saturated rings. The summed E-state index contributed by atoms with van der Waals surface area (Å²) in [4.78, 5) is 26.7. The van der Waals surface area contributed by atoms with E-state index in [4.69, 9.17) is 19.3 Å². The van der Waals surface area contributed by atoms with Gasteiger partial charge >= 0.3 is 6.09 Å². The van der Waals surface area contributed by atoms with Crippen molar-refractivity contribution < 1.29 is 28.0 Å². The van der Waals surface area contributed by atoms with Crippen LogP contribution in [0.5, 0.6) is 0 Å². The molecule has 4 rings (SSSR count). The number of nitriles is 1. The van der Waals surface area contributed by atoms with Gasteiger partial charge in [-0.15, -0.1) is 0 Å². The van der Waals surface area contributed by atoms with Crippen molar-refractivity contribution in [2.75, 3.05) is 29.5 Å². The van der Waals surface area contributed by atoms with E-state index in [2.05, 4.69) is 11.7 Å². The lowest BCUT2D eigenvalue weighted by molar-refractivity contribution is 0.110. The largest absolute Gasteiger partial charge is 0.492 e. The SMILES string of the molecule is C=C1CN(c2c(C=O)cc3c(N4C(=O)OC[C@@H]4CC#N)noc3c2F)C[C@@H](C)O1. The molecule has 150 valence electrons. The fourth-order valence-corrected chi connectivity index (χ4v) is 3.71. The number of ether oxygens (including phenoxy) is 2. The first-order valence-corrected chi connectivity index (χ1v) is 8.94. The van der Waals surface area contributed by atoms with E-state index < -0.39 is 18.0 Å². The zero-order valence-electron chi connectivity index (χ0n) is 15.6. The van der Waals surface area contributed by atoms with Crippen molar-refractivity contribution in [2.45, 2.75) is 25.5 Å². The smallest absolute Gasteiger partial charge is 0.416 e. The van der Waals surface area contributed by atoms with E-state index in [0.717, 1.165) is 4.90 Å². The number of rotatable bonds is 4. The molecule has 10 heteroatoms. The van der Waals surface area contributed by atoms with Gasteiger partial charge < -0.3 is 18.9 Å². The highest BCUT2D eigenvalue weighted by Gasteiger charge is 2.38. The van der Waals surface area contributed by atoms with Gasteiger partial charge in [0, 0.05) is 5.56 Å². The summed E-state index contributed by atoms with van der Waals surface area (Å²) in [5, 5.41) is 13.0. The topological polar surface area (TPSA) is 109 Å². The molecule has 9 nitrogen and oxygen atoms in total. The number of fused-ring (bicyclic) bond motifs is 1. The van der Waals surface area contributed by atoms with Crippen molar-refractivity contribution in [3.8, 4) is 6.07 Å². The second-order valence-corrected chi connectivity index (χ2v) is 6.94. The van der Waals surface area contributed by atoms with Crippen LogP contribution in [0.1, 0.15) is 23.7 Å². The van der Waals surface area contributed by atoms with Gasteiger partial charge in [0.25, 0.3) is 0 Å². The van der Waals surface area contributed by atoms with Crippen molar-refractivity contribution >= 4 is 34.9 Å². The number of aromatic nitrogens is 1. The second kappa shape index (κ2) is 7.09. The number of hydrogen-bond acceptors (Lipinski definition) is 8. The first-order valence-electron chi connectivity index (χ1n) is 8.94. The van der Waals surface area contributed by atoms with E-state index in [-0.39, 0.29) is 53.7 Å². The maximum Gasteiger partial charge on any atom is 0.416 e. The lowest BCUT2D eigenvalue weighted by Gasteiger charge is -2.35. The van der Waals surface area contributed by atoms with Crippen LogP contribution in [0.25, 0.3) is 11.0 Å². The van der Waals surface area contributed by atoms with Crippen LogP contribution in [0.4, 0.5) is 20.7 Å². The minimum atomic E-state index is -0.769. The van der Waals surface area contributed by atoms with Crippen LogP contribution in [-0.2, 0) is 9.47 Å². The van der Waals surface area contributed by atoms with Crippen LogP contribution in [0.2, 0.25) is 0 Å². The average molecular weight is 400 g/mol. The Morgan fingerprint density at radius 3 is 3.00 bits per heavy atom. The number of hydrogen-bond donors (Lipinski definition) is 0. The summed E-state index contributed by atoms with van der Waals surface area (Å²) in [6.45, 7) is 6.18. The molecule has 1 aromatic heterocycles. The van der Waals surface area contributed by atoms with Gasteiger partial charge in [-0.25, -0.2) is 9.18 Å². The number of morpholine rings is 1. The van der Waals surface area contributed by atoms with Gasteiger partial charge in [-0.05, 0) is 13.0 Å². The number of anilines is 2. The number of benzene rings is 1. The molecule has 0 saturated carbocycles. The number of nitrogens with zero attached hydrogens (tertiary/aromatic N) is 4. The molecule has 1 aromatic carbocycles. The number of cyclic esters (lactones) is 1. The molecule has 2 aliphatic rings. The molecule has 0 bridgehead atoms. The Kier molecular flexibility index (Phi) is 4.58.